The number of carbonyl (C=O) groups is 1. The fourth-order valence-electron chi connectivity index (χ4n) is 2.18. The van der Waals surface area contributed by atoms with E-state index in [2.05, 4.69) is 0 Å². The van der Waals surface area contributed by atoms with Gasteiger partial charge in [-0.25, -0.2) is 8.78 Å². The molecule has 2 aromatic carbocycles. The molecule has 0 heterocycles. The number of likely N-dealkylation sites (N-methyl/N-ethyl adjacent to an activating group) is 1. The summed E-state index contributed by atoms with van der Waals surface area (Å²) in [5.41, 5.74) is 0.289. The summed E-state index contributed by atoms with van der Waals surface area (Å²) in [7, 11) is 0. The molecule has 0 aliphatic carbocycles. The molecule has 2 rings (SSSR count). The number of ether oxygens (including phenoxy) is 2. The van der Waals surface area contributed by atoms with Crippen molar-refractivity contribution in [3.8, 4) is 11.5 Å². The Morgan fingerprint density at radius 3 is 2.12 bits per heavy atom. The topological polar surface area (TPSA) is 38.8 Å². The van der Waals surface area contributed by atoms with Crippen LogP contribution in [0.3, 0.4) is 0 Å². The zero-order valence-corrected chi connectivity index (χ0v) is 13.6. The van der Waals surface area contributed by atoms with Crippen LogP contribution in [0, 0.1) is 11.6 Å². The van der Waals surface area contributed by atoms with E-state index in [1.807, 2.05) is 6.92 Å². The molecule has 0 N–H and O–H groups in total. The number of anilines is 1. The zero-order chi connectivity index (χ0) is 17.5. The van der Waals surface area contributed by atoms with Crippen molar-refractivity contribution >= 4 is 11.6 Å². The second kappa shape index (κ2) is 8.29. The van der Waals surface area contributed by atoms with Gasteiger partial charge < -0.3 is 14.4 Å². The highest BCUT2D eigenvalue weighted by molar-refractivity contribution is 5.94. The third kappa shape index (κ3) is 4.44. The van der Waals surface area contributed by atoms with Crippen molar-refractivity contribution < 1.29 is 23.0 Å². The standard InChI is InChI=1S/C18H19F2NO3/c1-3-21(13-5-10-16(19)17(20)11-13)18(22)12-24-15-8-6-14(7-9-15)23-4-2/h5-11H,3-4,12H2,1-2H3. The minimum atomic E-state index is -0.994. The van der Waals surface area contributed by atoms with Crippen LogP contribution in [-0.2, 0) is 4.79 Å². The first kappa shape index (κ1) is 17.7. The predicted molar refractivity (Wildman–Crippen MR) is 87.5 cm³/mol. The van der Waals surface area contributed by atoms with Gasteiger partial charge in [-0.3, -0.25) is 4.79 Å². The second-order valence-electron chi connectivity index (χ2n) is 4.93. The lowest BCUT2D eigenvalue weighted by atomic mass is 10.2. The Hall–Kier alpha value is -2.63. The van der Waals surface area contributed by atoms with Crippen molar-refractivity contribution in [3.05, 3.63) is 54.1 Å². The maximum absolute atomic E-state index is 13.3. The van der Waals surface area contributed by atoms with Crippen LogP contribution < -0.4 is 14.4 Å². The summed E-state index contributed by atoms with van der Waals surface area (Å²) in [5, 5.41) is 0. The molecular formula is C18H19F2NO3. The van der Waals surface area contributed by atoms with E-state index in [0.717, 1.165) is 12.1 Å². The van der Waals surface area contributed by atoms with Gasteiger partial charge in [0.25, 0.3) is 5.91 Å². The largest absolute Gasteiger partial charge is 0.494 e. The molecule has 0 spiro atoms. The van der Waals surface area contributed by atoms with Gasteiger partial charge in [-0.2, -0.15) is 0 Å². The van der Waals surface area contributed by atoms with E-state index in [4.69, 9.17) is 9.47 Å². The summed E-state index contributed by atoms with van der Waals surface area (Å²) in [4.78, 5) is 13.6. The van der Waals surface area contributed by atoms with Gasteiger partial charge >= 0.3 is 0 Å². The molecule has 0 aliphatic heterocycles. The second-order valence-corrected chi connectivity index (χ2v) is 4.93. The summed E-state index contributed by atoms with van der Waals surface area (Å²) in [6.45, 7) is 4.31. The lowest BCUT2D eigenvalue weighted by Crippen LogP contribution is -2.34. The van der Waals surface area contributed by atoms with E-state index < -0.39 is 11.6 Å². The lowest BCUT2D eigenvalue weighted by Gasteiger charge is -2.21. The van der Waals surface area contributed by atoms with Crippen molar-refractivity contribution in [1.82, 2.24) is 0 Å². The number of hydrogen-bond donors (Lipinski definition) is 0. The van der Waals surface area contributed by atoms with Crippen LogP contribution in [0.5, 0.6) is 11.5 Å². The molecular weight excluding hydrogens is 316 g/mol. The molecule has 1 amide bonds. The lowest BCUT2D eigenvalue weighted by molar-refractivity contribution is -0.120. The monoisotopic (exact) mass is 335 g/mol. The molecule has 0 unspecified atom stereocenters. The van der Waals surface area contributed by atoms with Crippen LogP contribution in [0.25, 0.3) is 0 Å². The number of amides is 1. The van der Waals surface area contributed by atoms with Gasteiger partial charge in [0, 0.05) is 18.3 Å². The Labute approximate surface area is 139 Å². The highest BCUT2D eigenvalue weighted by atomic mass is 19.2. The maximum atomic E-state index is 13.3. The summed E-state index contributed by atoms with van der Waals surface area (Å²) in [5.74, 6) is -1.06. The normalized spacial score (nSPS) is 10.3. The van der Waals surface area contributed by atoms with E-state index >= 15 is 0 Å². The third-order valence-corrected chi connectivity index (χ3v) is 3.33. The third-order valence-electron chi connectivity index (χ3n) is 3.33. The van der Waals surface area contributed by atoms with Crippen molar-refractivity contribution in [2.75, 3.05) is 24.7 Å². The Balaban J connectivity index is 2.00. The predicted octanol–water partition coefficient (Wildman–Crippen LogP) is 3.80. The van der Waals surface area contributed by atoms with Crippen molar-refractivity contribution in [2.24, 2.45) is 0 Å². The molecule has 0 atom stereocenters. The molecule has 0 fully saturated rings. The van der Waals surface area contributed by atoms with Crippen LogP contribution in [0.15, 0.2) is 42.5 Å². The van der Waals surface area contributed by atoms with E-state index in [1.165, 1.54) is 11.0 Å². The number of benzene rings is 2. The average molecular weight is 335 g/mol. The van der Waals surface area contributed by atoms with E-state index in [1.54, 1.807) is 31.2 Å². The van der Waals surface area contributed by atoms with Crippen LogP contribution >= 0.6 is 0 Å². The summed E-state index contributed by atoms with van der Waals surface area (Å²) in [6.07, 6.45) is 0. The quantitative estimate of drug-likeness (QED) is 0.773. The van der Waals surface area contributed by atoms with Crippen molar-refractivity contribution in [2.45, 2.75) is 13.8 Å². The summed E-state index contributed by atoms with van der Waals surface area (Å²) < 4.78 is 37.1. The smallest absolute Gasteiger partial charge is 0.264 e. The maximum Gasteiger partial charge on any atom is 0.264 e. The van der Waals surface area contributed by atoms with Crippen molar-refractivity contribution in [1.29, 1.82) is 0 Å². The zero-order valence-electron chi connectivity index (χ0n) is 13.6. The Morgan fingerprint density at radius 1 is 0.958 bits per heavy atom. The summed E-state index contributed by atoms with van der Waals surface area (Å²) >= 11 is 0. The Bertz CT molecular complexity index is 689. The van der Waals surface area contributed by atoms with Gasteiger partial charge in [-0.1, -0.05) is 0 Å². The first-order valence-electron chi connectivity index (χ1n) is 7.66. The molecule has 0 aliphatic rings. The van der Waals surface area contributed by atoms with Crippen LogP contribution in [0.1, 0.15) is 13.8 Å². The Kier molecular flexibility index (Phi) is 6.12. The summed E-state index contributed by atoms with van der Waals surface area (Å²) in [6, 6.07) is 10.2. The van der Waals surface area contributed by atoms with Crippen molar-refractivity contribution in [3.63, 3.8) is 0 Å². The average Bonchev–Trinajstić information content (AvgIpc) is 2.58. The fraction of sp³-hybridized carbons (Fsp3) is 0.278. The number of halogens is 2. The number of carbonyl (C=O) groups excluding carboxylic acids is 1. The number of hydrogen-bond acceptors (Lipinski definition) is 3. The highest BCUT2D eigenvalue weighted by Gasteiger charge is 2.16. The fourth-order valence-corrected chi connectivity index (χ4v) is 2.18. The van der Waals surface area contributed by atoms with Gasteiger partial charge in [-0.15, -0.1) is 0 Å². The molecule has 0 saturated carbocycles. The van der Waals surface area contributed by atoms with E-state index in [9.17, 15) is 13.6 Å². The number of nitrogens with zero attached hydrogens (tertiary/aromatic N) is 1. The van der Waals surface area contributed by atoms with Crippen LogP contribution in [0.2, 0.25) is 0 Å². The van der Waals surface area contributed by atoms with E-state index in [-0.39, 0.29) is 18.2 Å². The van der Waals surface area contributed by atoms with E-state index in [0.29, 0.717) is 24.7 Å². The van der Waals surface area contributed by atoms with Crippen LogP contribution in [-0.4, -0.2) is 25.7 Å². The van der Waals surface area contributed by atoms with Gasteiger partial charge in [0.05, 0.1) is 6.61 Å². The molecule has 0 radical (unpaired) electrons. The van der Waals surface area contributed by atoms with Gasteiger partial charge in [-0.05, 0) is 50.2 Å². The highest BCUT2D eigenvalue weighted by Crippen LogP contribution is 2.20. The van der Waals surface area contributed by atoms with Crippen LogP contribution in [0.4, 0.5) is 14.5 Å². The first-order chi connectivity index (χ1) is 11.5. The molecule has 6 heteroatoms. The van der Waals surface area contributed by atoms with Gasteiger partial charge in [0.1, 0.15) is 11.5 Å². The molecule has 4 nitrogen and oxygen atoms in total. The Morgan fingerprint density at radius 2 is 1.58 bits per heavy atom. The minimum Gasteiger partial charge on any atom is -0.494 e. The minimum absolute atomic E-state index is 0.208. The molecule has 2 aromatic rings. The molecule has 0 bridgehead atoms. The SMILES string of the molecule is CCOc1ccc(OCC(=O)N(CC)c2ccc(F)c(F)c2)cc1. The van der Waals surface area contributed by atoms with Gasteiger partial charge in [0.2, 0.25) is 0 Å². The molecule has 0 saturated heterocycles. The first-order valence-corrected chi connectivity index (χ1v) is 7.66. The van der Waals surface area contributed by atoms with Gasteiger partial charge in [0.15, 0.2) is 18.2 Å². The number of rotatable bonds is 7. The molecule has 128 valence electrons. The molecule has 24 heavy (non-hydrogen) atoms. The molecule has 0 aromatic heterocycles.